The van der Waals surface area contributed by atoms with Crippen LogP contribution in [0.25, 0.3) is 0 Å². The Hall–Kier alpha value is -0.115. The maximum absolute atomic E-state index is 12.0. The van der Waals surface area contributed by atoms with Gasteiger partial charge in [0.25, 0.3) is 0 Å². The Morgan fingerprint density at radius 2 is 1.73 bits per heavy atom. The molecule has 1 rings (SSSR count). The van der Waals surface area contributed by atoms with Crippen LogP contribution in [0.2, 0.25) is 0 Å². The van der Waals surface area contributed by atoms with Gasteiger partial charge in [-0.05, 0) is 19.3 Å². The average Bonchev–Trinajstić information content (AvgIpc) is 1.85. The van der Waals surface area contributed by atoms with Crippen LogP contribution >= 0.6 is 0 Å². The van der Waals surface area contributed by atoms with E-state index >= 15 is 0 Å². The lowest BCUT2D eigenvalue weighted by atomic mass is 9.94. The van der Waals surface area contributed by atoms with E-state index in [2.05, 4.69) is 0 Å². The van der Waals surface area contributed by atoms with E-state index in [0.717, 1.165) is 25.9 Å². The van der Waals surface area contributed by atoms with Crippen LogP contribution in [0.1, 0.15) is 19.3 Å². The van der Waals surface area contributed by atoms with Crippen molar-refractivity contribution >= 4 is 7.27 Å². The van der Waals surface area contributed by atoms with Crippen LogP contribution in [0.3, 0.4) is 0 Å². The Morgan fingerprint density at radius 3 is 2.18 bits per heavy atom. The summed E-state index contributed by atoms with van der Waals surface area (Å²) < 4.78 is 24.7. The van der Waals surface area contributed by atoms with Gasteiger partial charge in [-0.15, -0.1) is 0 Å². The molecule has 1 nitrogen and oxygen atoms in total. The summed E-state index contributed by atoms with van der Waals surface area (Å²) in [4.78, 5) is 0. The number of piperidine rings is 1. The first kappa shape index (κ1) is 8.98. The van der Waals surface area contributed by atoms with Crippen molar-refractivity contribution in [3.63, 3.8) is 0 Å². The van der Waals surface area contributed by atoms with Gasteiger partial charge < -0.3 is 4.48 Å². The number of hydrogen-bond acceptors (Lipinski definition) is 0. The molecule has 4 heteroatoms. The van der Waals surface area contributed by atoms with Gasteiger partial charge in [-0.3, -0.25) is 8.63 Å². The Labute approximate surface area is 67.1 Å². The average molecular weight is 162 g/mol. The second-order valence-corrected chi connectivity index (χ2v) is 3.70. The molecule has 64 valence electrons. The number of halogens is 2. The predicted octanol–water partition coefficient (Wildman–Crippen LogP) is 1.58. The maximum atomic E-state index is 12.0. The SMILES string of the molecule is C[N+]1(CB(F)F)CCCCC1. The molecule has 0 bridgehead atoms. The van der Waals surface area contributed by atoms with Gasteiger partial charge in [0.15, 0.2) is 0 Å². The van der Waals surface area contributed by atoms with Crippen molar-refractivity contribution in [2.24, 2.45) is 0 Å². The summed E-state index contributed by atoms with van der Waals surface area (Å²) >= 11 is 0. The summed E-state index contributed by atoms with van der Waals surface area (Å²) in [6.07, 6.45) is 3.49. The molecule has 0 spiro atoms. The van der Waals surface area contributed by atoms with E-state index in [0.29, 0.717) is 4.48 Å². The summed E-state index contributed by atoms with van der Waals surface area (Å²) in [5.74, 6) is 0. The zero-order valence-corrected chi connectivity index (χ0v) is 7.02. The van der Waals surface area contributed by atoms with E-state index in [-0.39, 0.29) is 6.44 Å². The highest BCUT2D eigenvalue weighted by atomic mass is 19.2. The second-order valence-electron chi connectivity index (χ2n) is 3.70. The van der Waals surface area contributed by atoms with Crippen molar-refractivity contribution in [3.8, 4) is 0 Å². The van der Waals surface area contributed by atoms with E-state index in [1.54, 1.807) is 0 Å². The molecule has 1 heterocycles. The van der Waals surface area contributed by atoms with Gasteiger partial charge in [0.2, 0.25) is 0 Å². The van der Waals surface area contributed by atoms with Crippen LogP contribution in [-0.2, 0) is 0 Å². The monoisotopic (exact) mass is 162 g/mol. The van der Waals surface area contributed by atoms with Crippen molar-refractivity contribution in [1.82, 2.24) is 0 Å². The molecule has 0 unspecified atom stereocenters. The highest BCUT2D eigenvalue weighted by molar-refractivity contribution is 6.42. The van der Waals surface area contributed by atoms with Gasteiger partial charge >= 0.3 is 7.27 Å². The third kappa shape index (κ3) is 2.77. The standard InChI is InChI=1S/C7H15BF2N/c1-11(7-8(9)10)5-3-2-4-6-11/h2-7H2,1H3/q+1. The minimum absolute atomic E-state index is 0.0417. The molecular weight excluding hydrogens is 147 g/mol. The van der Waals surface area contributed by atoms with Gasteiger partial charge in [0.05, 0.1) is 20.1 Å². The smallest absolute Gasteiger partial charge is 0.327 e. The van der Waals surface area contributed by atoms with E-state index < -0.39 is 7.27 Å². The highest BCUT2D eigenvalue weighted by Crippen LogP contribution is 2.16. The Bertz CT molecular complexity index is 124. The zero-order valence-electron chi connectivity index (χ0n) is 7.02. The molecule has 0 aliphatic carbocycles. The third-order valence-corrected chi connectivity index (χ3v) is 2.47. The van der Waals surface area contributed by atoms with Crippen molar-refractivity contribution in [2.75, 3.05) is 26.6 Å². The van der Waals surface area contributed by atoms with Crippen LogP contribution in [-0.4, -0.2) is 38.3 Å². The van der Waals surface area contributed by atoms with E-state index in [1.165, 1.54) is 6.42 Å². The lowest BCUT2D eigenvalue weighted by Crippen LogP contribution is -2.51. The fourth-order valence-electron chi connectivity index (χ4n) is 1.79. The molecule has 0 aromatic heterocycles. The molecular formula is C7H15BF2N+. The lowest BCUT2D eigenvalue weighted by Gasteiger charge is -2.36. The molecule has 0 saturated carbocycles. The van der Waals surface area contributed by atoms with Crippen LogP contribution in [0, 0.1) is 0 Å². The number of nitrogens with zero attached hydrogens (tertiary/aromatic N) is 1. The van der Waals surface area contributed by atoms with E-state index in [4.69, 9.17) is 0 Å². The molecule has 0 radical (unpaired) electrons. The summed E-state index contributed by atoms with van der Waals surface area (Å²) in [5, 5.41) is 0. The largest absolute Gasteiger partial charge is 0.592 e. The van der Waals surface area contributed by atoms with Crippen LogP contribution in [0.15, 0.2) is 0 Å². The number of hydrogen-bond donors (Lipinski definition) is 0. The normalized spacial score (nSPS) is 23.2. The van der Waals surface area contributed by atoms with Crippen molar-refractivity contribution in [3.05, 3.63) is 0 Å². The number of likely N-dealkylation sites (tertiary alicyclic amines) is 1. The van der Waals surface area contributed by atoms with Gasteiger partial charge in [0.1, 0.15) is 6.44 Å². The first-order valence-electron chi connectivity index (χ1n) is 4.24. The number of rotatable bonds is 2. The van der Waals surface area contributed by atoms with Gasteiger partial charge in [-0.1, -0.05) is 0 Å². The first-order chi connectivity index (χ1) is 5.12. The maximum Gasteiger partial charge on any atom is 0.592 e. The summed E-state index contributed by atoms with van der Waals surface area (Å²) in [6.45, 7) is 1.87. The minimum Gasteiger partial charge on any atom is -0.327 e. The molecule has 0 aromatic rings. The Balaban J connectivity index is 2.37. The molecule has 1 saturated heterocycles. The van der Waals surface area contributed by atoms with Crippen LogP contribution < -0.4 is 0 Å². The fourth-order valence-corrected chi connectivity index (χ4v) is 1.79. The second kappa shape index (κ2) is 3.52. The van der Waals surface area contributed by atoms with Crippen molar-refractivity contribution < 1.29 is 13.1 Å². The molecule has 0 aromatic carbocycles. The lowest BCUT2D eigenvalue weighted by molar-refractivity contribution is -0.905. The highest BCUT2D eigenvalue weighted by Gasteiger charge is 2.31. The number of quaternary nitrogens is 1. The molecule has 0 N–H and O–H groups in total. The topological polar surface area (TPSA) is 0 Å². The van der Waals surface area contributed by atoms with E-state index in [1.807, 2.05) is 7.05 Å². The van der Waals surface area contributed by atoms with Crippen LogP contribution in [0.5, 0.6) is 0 Å². The van der Waals surface area contributed by atoms with Gasteiger partial charge in [-0.2, -0.15) is 0 Å². The molecule has 1 aliphatic rings. The molecule has 0 atom stereocenters. The molecule has 1 fully saturated rings. The van der Waals surface area contributed by atoms with Crippen LogP contribution in [0.4, 0.5) is 8.63 Å². The predicted molar refractivity (Wildman–Crippen MR) is 42.6 cm³/mol. The zero-order chi connectivity index (χ0) is 8.32. The van der Waals surface area contributed by atoms with Crippen molar-refractivity contribution in [1.29, 1.82) is 0 Å². The minimum atomic E-state index is -2.14. The van der Waals surface area contributed by atoms with Gasteiger partial charge in [-0.25, -0.2) is 0 Å². The Kier molecular flexibility index (Phi) is 2.87. The summed E-state index contributed by atoms with van der Waals surface area (Å²) in [6, 6.07) is 0. The molecule has 0 amide bonds. The Morgan fingerprint density at radius 1 is 1.18 bits per heavy atom. The summed E-state index contributed by atoms with van der Waals surface area (Å²) in [7, 11) is -0.205. The van der Waals surface area contributed by atoms with E-state index in [9.17, 15) is 8.63 Å². The molecule has 1 aliphatic heterocycles. The quantitative estimate of drug-likeness (QED) is 0.427. The summed E-state index contributed by atoms with van der Waals surface area (Å²) in [5.41, 5.74) is 0. The fraction of sp³-hybridized carbons (Fsp3) is 1.00. The third-order valence-electron chi connectivity index (χ3n) is 2.47. The first-order valence-corrected chi connectivity index (χ1v) is 4.24. The van der Waals surface area contributed by atoms with Crippen molar-refractivity contribution in [2.45, 2.75) is 19.3 Å². The molecule has 11 heavy (non-hydrogen) atoms. The van der Waals surface area contributed by atoms with Gasteiger partial charge in [0, 0.05) is 0 Å².